The smallest absolute Gasteiger partial charge is 0.252 e. The highest BCUT2D eigenvalue weighted by atomic mass is 16.1. The minimum atomic E-state index is 0.00837. The van der Waals surface area contributed by atoms with Crippen LogP contribution in [0.4, 0.5) is 0 Å². The number of fused-ring (bicyclic) bond motifs is 1. The Kier molecular flexibility index (Phi) is 6.04. The van der Waals surface area contributed by atoms with Gasteiger partial charge >= 0.3 is 0 Å². The molecule has 3 nitrogen and oxygen atoms in total. The third kappa shape index (κ3) is 4.24. The second kappa shape index (κ2) is 9.04. The molecule has 0 spiro atoms. The van der Waals surface area contributed by atoms with Gasteiger partial charge in [0.15, 0.2) is 0 Å². The Labute approximate surface area is 172 Å². The number of aromatic nitrogens is 1. The van der Waals surface area contributed by atoms with Gasteiger partial charge in [-0.25, -0.2) is 4.98 Å². The average molecular weight is 385 g/mol. The van der Waals surface area contributed by atoms with Crippen molar-refractivity contribution in [1.82, 2.24) is 10.3 Å². The van der Waals surface area contributed by atoms with Crippen LogP contribution in [0.3, 0.4) is 0 Å². The zero-order valence-corrected chi connectivity index (χ0v) is 17.1. The summed E-state index contributed by atoms with van der Waals surface area (Å²) in [4.78, 5) is 18.2. The number of nitrogens with one attached hydrogen (secondary N) is 1. The minimum absolute atomic E-state index is 0.00837. The fraction of sp³-hybridized carbons (Fsp3) is 0.308. The van der Waals surface area contributed by atoms with Crippen molar-refractivity contribution in [3.8, 4) is 11.3 Å². The molecule has 29 heavy (non-hydrogen) atoms. The fourth-order valence-corrected chi connectivity index (χ4v) is 4.25. The highest BCUT2D eigenvalue weighted by Gasteiger charge is 2.20. The van der Waals surface area contributed by atoms with Crippen molar-refractivity contribution in [2.24, 2.45) is 0 Å². The van der Waals surface area contributed by atoms with E-state index in [-0.39, 0.29) is 5.91 Å². The van der Waals surface area contributed by atoms with E-state index < -0.39 is 0 Å². The summed E-state index contributed by atoms with van der Waals surface area (Å²) < 4.78 is 0. The van der Waals surface area contributed by atoms with Crippen molar-refractivity contribution in [3.63, 3.8) is 0 Å². The minimum Gasteiger partial charge on any atom is -0.352 e. The molecule has 0 aliphatic heterocycles. The molecule has 4 rings (SSSR count). The molecule has 1 amide bonds. The van der Waals surface area contributed by atoms with Gasteiger partial charge in [0, 0.05) is 17.5 Å². The van der Waals surface area contributed by atoms with Gasteiger partial charge in [-0.05, 0) is 50.2 Å². The van der Waals surface area contributed by atoms with Crippen molar-refractivity contribution in [1.29, 1.82) is 0 Å². The normalized spacial score (nSPS) is 13.9. The van der Waals surface area contributed by atoms with Crippen LogP contribution in [-0.2, 0) is 6.42 Å². The molecular formula is C26H28N2O. The number of carbonyl (C=O) groups is 1. The maximum atomic E-state index is 13.3. The molecule has 0 fully saturated rings. The summed E-state index contributed by atoms with van der Waals surface area (Å²) in [6.45, 7) is 2.78. The summed E-state index contributed by atoms with van der Waals surface area (Å²) in [5.74, 6) is 0.00837. The topological polar surface area (TPSA) is 42.0 Å². The zero-order valence-electron chi connectivity index (χ0n) is 17.1. The predicted octanol–water partition coefficient (Wildman–Crippen LogP) is 6.08. The highest BCUT2D eigenvalue weighted by molar-refractivity contribution is 6.09. The van der Waals surface area contributed by atoms with Crippen LogP contribution in [0, 0.1) is 0 Å². The first-order chi connectivity index (χ1) is 14.3. The lowest BCUT2D eigenvalue weighted by Gasteiger charge is -2.17. The van der Waals surface area contributed by atoms with Crippen LogP contribution in [0.5, 0.6) is 0 Å². The van der Waals surface area contributed by atoms with Crippen LogP contribution in [0.1, 0.15) is 54.9 Å². The molecular weight excluding hydrogens is 356 g/mol. The van der Waals surface area contributed by atoms with E-state index in [4.69, 9.17) is 4.98 Å². The van der Waals surface area contributed by atoms with E-state index in [1.165, 1.54) is 31.3 Å². The Hall–Kier alpha value is -2.94. The molecule has 1 heterocycles. The van der Waals surface area contributed by atoms with Gasteiger partial charge in [0.25, 0.3) is 5.91 Å². The van der Waals surface area contributed by atoms with E-state index in [9.17, 15) is 4.79 Å². The first-order valence-corrected chi connectivity index (χ1v) is 10.7. The van der Waals surface area contributed by atoms with Crippen molar-refractivity contribution in [2.45, 2.75) is 45.4 Å². The summed E-state index contributed by atoms with van der Waals surface area (Å²) in [6.07, 6.45) is 8.97. The first kappa shape index (κ1) is 19.4. The van der Waals surface area contributed by atoms with Gasteiger partial charge in [-0.2, -0.15) is 0 Å². The molecule has 3 heteroatoms. The molecule has 3 aromatic rings. The molecule has 0 saturated heterocycles. The van der Waals surface area contributed by atoms with Gasteiger partial charge in [0.05, 0.1) is 16.8 Å². The molecule has 1 aliphatic rings. The lowest BCUT2D eigenvalue weighted by molar-refractivity contribution is 0.0955. The van der Waals surface area contributed by atoms with E-state index in [0.717, 1.165) is 46.1 Å². The molecule has 1 N–H and O–H groups in total. The molecule has 1 aliphatic carbocycles. The SMILES string of the molecule is CCc1c(-c2ccccc2)nc2ccccc2c1C(=O)NCCC1=CCCCC1. The molecule has 0 atom stereocenters. The lowest BCUT2D eigenvalue weighted by atomic mass is 9.94. The molecule has 0 unspecified atom stereocenters. The van der Waals surface area contributed by atoms with Crippen LogP contribution in [0.15, 0.2) is 66.2 Å². The van der Waals surface area contributed by atoms with E-state index in [1.807, 2.05) is 42.5 Å². The molecule has 148 valence electrons. The summed E-state index contributed by atoms with van der Waals surface area (Å²) >= 11 is 0. The van der Waals surface area contributed by atoms with Gasteiger partial charge in [-0.3, -0.25) is 4.79 Å². The van der Waals surface area contributed by atoms with Gasteiger partial charge in [0.1, 0.15) is 0 Å². The first-order valence-electron chi connectivity index (χ1n) is 10.7. The number of hydrogen-bond acceptors (Lipinski definition) is 2. The number of allylic oxidation sites excluding steroid dienone is 1. The van der Waals surface area contributed by atoms with E-state index >= 15 is 0 Å². The molecule has 0 bridgehead atoms. The summed E-state index contributed by atoms with van der Waals surface area (Å²) in [5, 5.41) is 4.11. The largest absolute Gasteiger partial charge is 0.352 e. The third-order valence-electron chi connectivity index (χ3n) is 5.74. The number of pyridine rings is 1. The second-order valence-corrected chi connectivity index (χ2v) is 7.66. The molecule has 2 aromatic carbocycles. The Bertz CT molecular complexity index is 1040. The Morgan fingerprint density at radius 1 is 1.03 bits per heavy atom. The van der Waals surface area contributed by atoms with Crippen molar-refractivity contribution in [2.75, 3.05) is 6.54 Å². The standard InChI is InChI=1S/C26H28N2O/c1-2-21-24(26(29)27-18-17-19-11-5-3-6-12-19)22-15-9-10-16-23(22)28-25(21)20-13-7-4-8-14-20/h4,7-11,13-16H,2-3,5-6,12,17-18H2,1H3,(H,27,29). The number of benzene rings is 2. The van der Waals surface area contributed by atoms with Gasteiger partial charge in [-0.15, -0.1) is 0 Å². The quantitative estimate of drug-likeness (QED) is 0.523. The number of nitrogens with zero attached hydrogens (tertiary/aromatic N) is 1. The van der Waals surface area contributed by atoms with Crippen LogP contribution >= 0.6 is 0 Å². The van der Waals surface area contributed by atoms with Crippen LogP contribution in [-0.4, -0.2) is 17.4 Å². The number of carbonyl (C=O) groups excluding carboxylic acids is 1. The van der Waals surface area contributed by atoms with Crippen molar-refractivity contribution >= 4 is 16.8 Å². The molecule has 0 radical (unpaired) electrons. The number of para-hydroxylation sites is 1. The maximum Gasteiger partial charge on any atom is 0.252 e. The number of hydrogen-bond donors (Lipinski definition) is 1. The molecule has 1 aromatic heterocycles. The van der Waals surface area contributed by atoms with Gasteiger partial charge < -0.3 is 5.32 Å². The van der Waals surface area contributed by atoms with Gasteiger partial charge in [0.2, 0.25) is 0 Å². The van der Waals surface area contributed by atoms with Crippen LogP contribution in [0.25, 0.3) is 22.2 Å². The molecule has 0 saturated carbocycles. The summed E-state index contributed by atoms with van der Waals surface area (Å²) in [7, 11) is 0. The highest BCUT2D eigenvalue weighted by Crippen LogP contribution is 2.30. The monoisotopic (exact) mass is 384 g/mol. The number of rotatable bonds is 6. The van der Waals surface area contributed by atoms with E-state index in [0.29, 0.717) is 6.54 Å². The summed E-state index contributed by atoms with van der Waals surface area (Å²) in [5.41, 5.74) is 6.10. The van der Waals surface area contributed by atoms with Crippen LogP contribution < -0.4 is 5.32 Å². The predicted molar refractivity (Wildman–Crippen MR) is 120 cm³/mol. The van der Waals surface area contributed by atoms with Gasteiger partial charge in [-0.1, -0.05) is 67.1 Å². The Morgan fingerprint density at radius 3 is 2.59 bits per heavy atom. The zero-order chi connectivity index (χ0) is 20.1. The van der Waals surface area contributed by atoms with Crippen LogP contribution in [0.2, 0.25) is 0 Å². The van der Waals surface area contributed by atoms with Crippen molar-refractivity contribution in [3.05, 3.63) is 77.4 Å². The Morgan fingerprint density at radius 2 is 1.83 bits per heavy atom. The van der Waals surface area contributed by atoms with E-state index in [1.54, 1.807) is 0 Å². The maximum absolute atomic E-state index is 13.3. The lowest BCUT2D eigenvalue weighted by Crippen LogP contribution is -2.26. The van der Waals surface area contributed by atoms with E-state index in [2.05, 4.69) is 30.4 Å². The fourth-order valence-electron chi connectivity index (χ4n) is 4.25. The second-order valence-electron chi connectivity index (χ2n) is 7.66. The summed E-state index contributed by atoms with van der Waals surface area (Å²) in [6, 6.07) is 18.1. The van der Waals surface area contributed by atoms with Crippen molar-refractivity contribution < 1.29 is 4.79 Å². The average Bonchev–Trinajstić information content (AvgIpc) is 2.79. The number of amides is 1. The third-order valence-corrected chi connectivity index (χ3v) is 5.74. The Balaban J connectivity index is 1.69.